The Kier molecular flexibility index (Phi) is 3.05. The summed E-state index contributed by atoms with van der Waals surface area (Å²) in [5.41, 5.74) is 1.09. The van der Waals surface area contributed by atoms with Crippen LogP contribution in [-0.4, -0.2) is 11.9 Å². The van der Waals surface area contributed by atoms with Crippen molar-refractivity contribution in [1.29, 1.82) is 0 Å². The molecule has 0 amide bonds. The Morgan fingerprint density at radius 1 is 1.27 bits per heavy atom. The smallest absolute Gasteiger partial charge is 0.173 e. The highest BCUT2D eigenvalue weighted by Crippen LogP contribution is 2.23. The number of carbonyl (C=O) groups is 1. The van der Waals surface area contributed by atoms with E-state index in [1.54, 1.807) is 0 Å². The van der Waals surface area contributed by atoms with E-state index in [2.05, 4.69) is 0 Å². The predicted octanol–water partition coefficient (Wildman–Crippen LogP) is 2.89. The molecule has 1 aliphatic rings. The molecule has 0 aliphatic heterocycles. The van der Waals surface area contributed by atoms with Gasteiger partial charge in [0.2, 0.25) is 0 Å². The van der Waals surface area contributed by atoms with Crippen LogP contribution < -0.4 is 4.74 Å². The van der Waals surface area contributed by atoms with E-state index in [0.29, 0.717) is 6.42 Å². The van der Waals surface area contributed by atoms with Crippen molar-refractivity contribution in [1.82, 2.24) is 0 Å². The SMILES string of the molecule is Cc1ccccc1OC1CCCCC1=O. The highest BCUT2D eigenvalue weighted by Gasteiger charge is 2.23. The zero-order chi connectivity index (χ0) is 10.7. The standard InChI is InChI=1S/C13H16O2/c1-10-6-2-4-8-12(10)15-13-9-5-3-7-11(13)14/h2,4,6,8,13H,3,5,7,9H2,1H3. The van der Waals surface area contributed by atoms with Crippen molar-refractivity contribution >= 4 is 5.78 Å². The van der Waals surface area contributed by atoms with Crippen LogP contribution in [0.25, 0.3) is 0 Å². The molecule has 1 aromatic carbocycles. The molecule has 1 atom stereocenters. The minimum absolute atomic E-state index is 0.208. The van der Waals surface area contributed by atoms with Crippen molar-refractivity contribution in [3.8, 4) is 5.75 Å². The lowest BCUT2D eigenvalue weighted by Gasteiger charge is -2.22. The summed E-state index contributed by atoms with van der Waals surface area (Å²) in [6.07, 6.45) is 3.46. The van der Waals surface area contributed by atoms with Gasteiger partial charge in [-0.2, -0.15) is 0 Å². The third kappa shape index (κ3) is 2.38. The molecule has 0 N–H and O–H groups in total. The summed E-state index contributed by atoms with van der Waals surface area (Å²) in [6.45, 7) is 2.00. The van der Waals surface area contributed by atoms with Gasteiger partial charge in [-0.25, -0.2) is 0 Å². The molecule has 15 heavy (non-hydrogen) atoms. The first-order chi connectivity index (χ1) is 7.27. The zero-order valence-electron chi connectivity index (χ0n) is 9.03. The van der Waals surface area contributed by atoms with Crippen molar-refractivity contribution < 1.29 is 9.53 Å². The Morgan fingerprint density at radius 3 is 2.80 bits per heavy atom. The van der Waals surface area contributed by atoms with Crippen LogP contribution >= 0.6 is 0 Å². The third-order valence-corrected chi connectivity index (χ3v) is 2.86. The van der Waals surface area contributed by atoms with Crippen LogP contribution in [0.15, 0.2) is 24.3 Å². The second-order valence-electron chi connectivity index (χ2n) is 4.08. The Morgan fingerprint density at radius 2 is 2.07 bits per heavy atom. The van der Waals surface area contributed by atoms with Gasteiger partial charge in [-0.3, -0.25) is 4.79 Å². The summed E-state index contributed by atoms with van der Waals surface area (Å²) in [4.78, 5) is 11.6. The number of hydrogen-bond acceptors (Lipinski definition) is 2. The van der Waals surface area contributed by atoms with E-state index >= 15 is 0 Å². The molecule has 0 aromatic heterocycles. The van der Waals surface area contributed by atoms with E-state index in [-0.39, 0.29) is 11.9 Å². The van der Waals surface area contributed by atoms with Crippen molar-refractivity contribution in [2.24, 2.45) is 0 Å². The number of para-hydroxylation sites is 1. The molecule has 0 spiro atoms. The molecular formula is C13H16O2. The largest absolute Gasteiger partial charge is 0.482 e. The van der Waals surface area contributed by atoms with Crippen LogP contribution in [0.1, 0.15) is 31.2 Å². The maximum atomic E-state index is 11.6. The van der Waals surface area contributed by atoms with Crippen molar-refractivity contribution in [2.45, 2.75) is 38.7 Å². The molecule has 0 bridgehead atoms. The first-order valence-corrected chi connectivity index (χ1v) is 5.52. The second-order valence-corrected chi connectivity index (χ2v) is 4.08. The van der Waals surface area contributed by atoms with Crippen molar-refractivity contribution in [2.75, 3.05) is 0 Å². The minimum Gasteiger partial charge on any atom is -0.482 e. The molecule has 1 aliphatic carbocycles. The van der Waals surface area contributed by atoms with Gasteiger partial charge in [0.15, 0.2) is 11.9 Å². The molecule has 1 saturated carbocycles. The molecule has 2 nitrogen and oxygen atoms in total. The average Bonchev–Trinajstić information content (AvgIpc) is 2.24. The van der Waals surface area contributed by atoms with Crippen LogP contribution in [-0.2, 0) is 4.79 Å². The van der Waals surface area contributed by atoms with Gasteiger partial charge in [-0.1, -0.05) is 18.2 Å². The van der Waals surface area contributed by atoms with Gasteiger partial charge in [0.25, 0.3) is 0 Å². The summed E-state index contributed by atoms with van der Waals surface area (Å²) >= 11 is 0. The number of benzene rings is 1. The third-order valence-electron chi connectivity index (χ3n) is 2.86. The molecular weight excluding hydrogens is 188 g/mol. The van der Waals surface area contributed by atoms with Gasteiger partial charge in [0, 0.05) is 6.42 Å². The molecule has 0 radical (unpaired) electrons. The van der Waals surface area contributed by atoms with Crippen LogP contribution in [0.4, 0.5) is 0 Å². The summed E-state index contributed by atoms with van der Waals surface area (Å²) in [5.74, 6) is 1.10. The number of ether oxygens (including phenoxy) is 1. The number of aryl methyl sites for hydroxylation is 1. The molecule has 80 valence electrons. The fourth-order valence-electron chi connectivity index (χ4n) is 1.92. The number of hydrogen-bond donors (Lipinski definition) is 0. The van der Waals surface area contributed by atoms with Crippen molar-refractivity contribution in [3.63, 3.8) is 0 Å². The van der Waals surface area contributed by atoms with E-state index in [0.717, 1.165) is 30.6 Å². The fraction of sp³-hybridized carbons (Fsp3) is 0.462. The van der Waals surface area contributed by atoms with Crippen LogP contribution in [0.3, 0.4) is 0 Å². The van der Waals surface area contributed by atoms with Crippen LogP contribution in [0.5, 0.6) is 5.75 Å². The summed E-state index contributed by atoms with van der Waals surface area (Å²) in [5, 5.41) is 0. The maximum absolute atomic E-state index is 11.6. The Bertz CT molecular complexity index is 357. The first-order valence-electron chi connectivity index (χ1n) is 5.52. The number of carbonyl (C=O) groups excluding carboxylic acids is 1. The van der Waals surface area contributed by atoms with E-state index in [4.69, 9.17) is 4.74 Å². The van der Waals surface area contributed by atoms with E-state index in [1.807, 2.05) is 31.2 Å². The maximum Gasteiger partial charge on any atom is 0.173 e. The molecule has 1 fully saturated rings. The topological polar surface area (TPSA) is 26.3 Å². The van der Waals surface area contributed by atoms with Gasteiger partial charge in [-0.15, -0.1) is 0 Å². The minimum atomic E-state index is -0.208. The van der Waals surface area contributed by atoms with Gasteiger partial charge in [0.1, 0.15) is 5.75 Å². The Hall–Kier alpha value is -1.31. The van der Waals surface area contributed by atoms with E-state index < -0.39 is 0 Å². The number of ketones is 1. The van der Waals surface area contributed by atoms with Gasteiger partial charge >= 0.3 is 0 Å². The lowest BCUT2D eigenvalue weighted by atomic mass is 9.96. The molecule has 1 aromatic rings. The quantitative estimate of drug-likeness (QED) is 0.740. The molecule has 0 heterocycles. The van der Waals surface area contributed by atoms with Crippen molar-refractivity contribution in [3.05, 3.63) is 29.8 Å². The van der Waals surface area contributed by atoms with Gasteiger partial charge in [0.05, 0.1) is 0 Å². The lowest BCUT2D eigenvalue weighted by molar-refractivity contribution is -0.127. The summed E-state index contributed by atoms with van der Waals surface area (Å²) < 4.78 is 5.75. The average molecular weight is 204 g/mol. The lowest BCUT2D eigenvalue weighted by Crippen LogP contribution is -2.30. The summed E-state index contributed by atoms with van der Waals surface area (Å²) in [6, 6.07) is 7.85. The molecule has 2 rings (SSSR count). The van der Waals surface area contributed by atoms with Gasteiger partial charge in [-0.05, 0) is 37.8 Å². The predicted molar refractivity (Wildman–Crippen MR) is 59.1 cm³/mol. The van der Waals surface area contributed by atoms with Gasteiger partial charge < -0.3 is 4.74 Å². The monoisotopic (exact) mass is 204 g/mol. The Labute approximate surface area is 90.3 Å². The second kappa shape index (κ2) is 4.47. The number of Topliss-reactive ketones (excluding diaryl/α,β-unsaturated/α-hetero) is 1. The zero-order valence-corrected chi connectivity index (χ0v) is 9.03. The highest BCUT2D eigenvalue weighted by atomic mass is 16.5. The normalized spacial score (nSPS) is 21.4. The summed E-state index contributed by atoms with van der Waals surface area (Å²) in [7, 11) is 0. The van der Waals surface area contributed by atoms with E-state index in [9.17, 15) is 4.79 Å². The fourth-order valence-corrected chi connectivity index (χ4v) is 1.92. The molecule has 0 saturated heterocycles. The van der Waals surface area contributed by atoms with Crippen LogP contribution in [0.2, 0.25) is 0 Å². The first kappa shape index (κ1) is 10.2. The van der Waals surface area contributed by atoms with E-state index in [1.165, 1.54) is 0 Å². The number of rotatable bonds is 2. The molecule has 2 heteroatoms. The molecule has 1 unspecified atom stereocenters. The highest BCUT2D eigenvalue weighted by molar-refractivity contribution is 5.84. The Balaban J connectivity index is 2.08. The van der Waals surface area contributed by atoms with Crippen LogP contribution in [0, 0.1) is 6.92 Å².